The normalized spacial score (nSPS) is 16.4. The second kappa shape index (κ2) is 11.0. The Morgan fingerprint density at radius 3 is 2.77 bits per heavy atom. The fourth-order valence-corrected chi connectivity index (χ4v) is 5.39. The average molecular weight is 530 g/mol. The van der Waals surface area contributed by atoms with E-state index in [1.165, 1.54) is 12.4 Å². The summed E-state index contributed by atoms with van der Waals surface area (Å²) in [6, 6.07) is 5.13. The molecule has 10 heteroatoms. The van der Waals surface area contributed by atoms with Crippen LogP contribution in [-0.4, -0.2) is 42.5 Å². The summed E-state index contributed by atoms with van der Waals surface area (Å²) in [4.78, 5) is 13.0. The van der Waals surface area contributed by atoms with Gasteiger partial charge < -0.3 is 19.8 Å². The molecule has 202 valence electrons. The van der Waals surface area contributed by atoms with Gasteiger partial charge >= 0.3 is 0 Å². The highest BCUT2D eigenvalue weighted by atomic mass is 19.1. The van der Waals surface area contributed by atoms with Crippen molar-refractivity contribution in [3.05, 3.63) is 77.7 Å². The zero-order valence-electron chi connectivity index (χ0n) is 22.0. The highest BCUT2D eigenvalue weighted by Gasteiger charge is 2.25. The number of nitrogens with two attached hydrogens (primary N) is 1. The zero-order chi connectivity index (χ0) is 26.8. The Bertz CT molecular complexity index is 1550. The minimum absolute atomic E-state index is 0.215. The smallest absolute Gasteiger partial charge is 0.164 e. The summed E-state index contributed by atoms with van der Waals surface area (Å²) in [6.45, 7) is 4.36. The quantitative estimate of drug-likeness (QED) is 0.341. The Hall–Kier alpha value is -4.05. The number of nitrogens with zero attached hydrogens (tertiary/aromatic N) is 6. The molecule has 4 heterocycles. The molecule has 4 aromatic rings. The van der Waals surface area contributed by atoms with E-state index in [9.17, 15) is 4.39 Å². The number of nitrogen functional groups attached to an aromatic ring is 1. The van der Waals surface area contributed by atoms with Crippen LogP contribution < -0.4 is 10.5 Å². The van der Waals surface area contributed by atoms with E-state index in [1.54, 1.807) is 6.07 Å². The molecule has 0 spiro atoms. The van der Waals surface area contributed by atoms with Crippen molar-refractivity contribution in [2.75, 3.05) is 18.9 Å². The highest BCUT2D eigenvalue weighted by molar-refractivity contribution is 5.96. The van der Waals surface area contributed by atoms with Crippen molar-refractivity contribution in [3.63, 3.8) is 0 Å². The van der Waals surface area contributed by atoms with Gasteiger partial charge in [0.2, 0.25) is 0 Å². The van der Waals surface area contributed by atoms with Crippen LogP contribution >= 0.6 is 0 Å². The van der Waals surface area contributed by atoms with Crippen molar-refractivity contribution >= 4 is 22.4 Å². The summed E-state index contributed by atoms with van der Waals surface area (Å²) >= 11 is 0. The number of halogens is 1. The van der Waals surface area contributed by atoms with E-state index in [0.717, 1.165) is 65.1 Å². The SMILES string of the molecule is CCn1cncc1CCc1cc(F)cc(OC2=CC=C(c3nn(C4CCOCC4)c4ncnc(N)c34)CC2)c1. The van der Waals surface area contributed by atoms with Gasteiger partial charge in [-0.1, -0.05) is 6.08 Å². The summed E-state index contributed by atoms with van der Waals surface area (Å²) < 4.78 is 30.2. The molecule has 1 saturated heterocycles. The van der Waals surface area contributed by atoms with Crippen LogP contribution in [0.2, 0.25) is 0 Å². The third-order valence-electron chi connectivity index (χ3n) is 7.46. The Kier molecular flexibility index (Phi) is 7.10. The van der Waals surface area contributed by atoms with E-state index in [0.29, 0.717) is 44.0 Å². The maximum Gasteiger partial charge on any atom is 0.164 e. The van der Waals surface area contributed by atoms with Gasteiger partial charge in [-0.15, -0.1) is 0 Å². The molecule has 39 heavy (non-hydrogen) atoms. The summed E-state index contributed by atoms with van der Waals surface area (Å²) in [5.74, 6) is 1.40. The molecule has 0 radical (unpaired) electrons. The molecular weight excluding hydrogens is 497 g/mol. The predicted octanol–water partition coefficient (Wildman–Crippen LogP) is 5.04. The van der Waals surface area contributed by atoms with Gasteiger partial charge in [-0.3, -0.25) is 0 Å². The van der Waals surface area contributed by atoms with Gasteiger partial charge in [-0.05, 0) is 68.4 Å². The molecular formula is C29H32FN7O2. The number of ether oxygens (including phenoxy) is 2. The topological polar surface area (TPSA) is 106 Å². The molecule has 6 rings (SSSR count). The second-order valence-corrected chi connectivity index (χ2v) is 9.99. The number of aromatic nitrogens is 6. The molecule has 1 aliphatic heterocycles. The maximum absolute atomic E-state index is 14.4. The van der Waals surface area contributed by atoms with Crippen molar-refractivity contribution in [1.82, 2.24) is 29.3 Å². The third-order valence-corrected chi connectivity index (χ3v) is 7.46. The number of hydrogen-bond acceptors (Lipinski definition) is 7. The largest absolute Gasteiger partial charge is 0.462 e. The first-order valence-corrected chi connectivity index (χ1v) is 13.5. The number of aryl methyl sites for hydroxylation is 3. The van der Waals surface area contributed by atoms with Gasteiger partial charge in [0, 0.05) is 44.1 Å². The maximum atomic E-state index is 14.4. The van der Waals surface area contributed by atoms with E-state index in [-0.39, 0.29) is 11.9 Å². The van der Waals surface area contributed by atoms with E-state index in [2.05, 4.69) is 26.4 Å². The molecule has 2 aliphatic rings. The number of hydrogen-bond donors (Lipinski definition) is 1. The predicted molar refractivity (Wildman–Crippen MR) is 146 cm³/mol. The lowest BCUT2D eigenvalue weighted by atomic mass is 9.99. The van der Waals surface area contributed by atoms with Gasteiger partial charge in [0.25, 0.3) is 0 Å². The molecule has 0 saturated carbocycles. The fourth-order valence-electron chi connectivity index (χ4n) is 5.39. The molecule has 3 aromatic heterocycles. The van der Waals surface area contributed by atoms with Gasteiger partial charge in [-0.25, -0.2) is 24.0 Å². The minimum Gasteiger partial charge on any atom is -0.462 e. The summed E-state index contributed by atoms with van der Waals surface area (Å²) in [5.41, 5.74) is 10.9. The molecule has 0 unspecified atom stereocenters. The first-order chi connectivity index (χ1) is 19.1. The first-order valence-electron chi connectivity index (χ1n) is 13.5. The third kappa shape index (κ3) is 5.29. The Labute approximate surface area is 226 Å². The molecule has 1 fully saturated rings. The van der Waals surface area contributed by atoms with Gasteiger partial charge in [0.1, 0.15) is 35.2 Å². The number of anilines is 1. The lowest BCUT2D eigenvalue weighted by Crippen LogP contribution is -2.20. The van der Waals surface area contributed by atoms with Crippen molar-refractivity contribution in [2.45, 2.75) is 58.0 Å². The van der Waals surface area contributed by atoms with E-state index >= 15 is 0 Å². The molecule has 9 nitrogen and oxygen atoms in total. The zero-order valence-corrected chi connectivity index (χ0v) is 22.0. The molecule has 1 aromatic carbocycles. The monoisotopic (exact) mass is 529 g/mol. The van der Waals surface area contributed by atoms with Gasteiger partial charge in [0.05, 0.1) is 17.8 Å². The van der Waals surface area contributed by atoms with Crippen LogP contribution in [-0.2, 0) is 24.1 Å². The first kappa shape index (κ1) is 25.2. The van der Waals surface area contributed by atoms with Crippen LogP contribution in [0, 0.1) is 5.82 Å². The molecule has 0 amide bonds. The Balaban J connectivity index is 1.21. The molecule has 2 N–H and O–H groups in total. The van der Waals surface area contributed by atoms with Crippen molar-refractivity contribution in [3.8, 4) is 5.75 Å². The number of rotatable bonds is 8. The van der Waals surface area contributed by atoms with Gasteiger partial charge in [-0.2, -0.15) is 5.10 Å². The van der Waals surface area contributed by atoms with Crippen LogP contribution in [0.5, 0.6) is 5.75 Å². The van der Waals surface area contributed by atoms with Crippen molar-refractivity contribution < 1.29 is 13.9 Å². The second-order valence-electron chi connectivity index (χ2n) is 9.99. The lowest BCUT2D eigenvalue weighted by Gasteiger charge is -2.22. The van der Waals surface area contributed by atoms with Crippen LogP contribution in [0.15, 0.2) is 55.0 Å². The molecule has 0 atom stereocenters. The number of allylic oxidation sites excluding steroid dienone is 4. The van der Waals surface area contributed by atoms with E-state index in [1.807, 2.05) is 35.4 Å². The Morgan fingerprint density at radius 1 is 1.10 bits per heavy atom. The van der Waals surface area contributed by atoms with Crippen LogP contribution in [0.25, 0.3) is 16.6 Å². The highest BCUT2D eigenvalue weighted by Crippen LogP contribution is 2.35. The van der Waals surface area contributed by atoms with E-state index < -0.39 is 0 Å². The number of imidazole rings is 1. The lowest BCUT2D eigenvalue weighted by molar-refractivity contribution is 0.0673. The van der Waals surface area contributed by atoms with Crippen molar-refractivity contribution in [1.29, 1.82) is 0 Å². The van der Waals surface area contributed by atoms with Crippen molar-refractivity contribution in [2.24, 2.45) is 0 Å². The Morgan fingerprint density at radius 2 is 1.97 bits per heavy atom. The van der Waals surface area contributed by atoms with Crippen LogP contribution in [0.3, 0.4) is 0 Å². The minimum atomic E-state index is -0.306. The fraction of sp³-hybridized carbons (Fsp3) is 0.379. The van der Waals surface area contributed by atoms with Crippen LogP contribution in [0.1, 0.15) is 55.6 Å². The van der Waals surface area contributed by atoms with Gasteiger partial charge in [0.15, 0.2) is 5.65 Å². The van der Waals surface area contributed by atoms with Crippen LogP contribution in [0.4, 0.5) is 10.2 Å². The molecule has 0 bridgehead atoms. The number of benzene rings is 1. The summed E-state index contributed by atoms with van der Waals surface area (Å²) in [6.07, 6.45) is 13.8. The number of fused-ring (bicyclic) bond motifs is 1. The molecule has 1 aliphatic carbocycles. The average Bonchev–Trinajstić information content (AvgIpc) is 3.58. The van der Waals surface area contributed by atoms with E-state index in [4.69, 9.17) is 20.3 Å². The summed E-state index contributed by atoms with van der Waals surface area (Å²) in [5, 5.41) is 5.75. The summed E-state index contributed by atoms with van der Waals surface area (Å²) in [7, 11) is 0. The standard InChI is InChI=1S/C29H32FN7O2/c1-2-36-18-32-16-23(36)6-3-19-13-21(30)15-25(14-19)39-24-7-4-20(5-8-24)27-26-28(31)33-17-34-29(26)37(35-27)22-9-11-38-12-10-22/h4,7,13-18,22H,2-3,5-6,8-12H2,1H3,(H2,31,33,34).